The van der Waals surface area contributed by atoms with E-state index < -0.39 is 23.2 Å². The van der Waals surface area contributed by atoms with Crippen LogP contribution in [0.5, 0.6) is 5.75 Å². The van der Waals surface area contributed by atoms with Gasteiger partial charge in [0.2, 0.25) is 5.75 Å². The average molecular weight is 513 g/mol. The fraction of sp³-hybridized carbons (Fsp3) is 0.360. The van der Waals surface area contributed by atoms with E-state index in [-0.39, 0.29) is 34.4 Å². The van der Waals surface area contributed by atoms with Crippen molar-refractivity contribution in [1.29, 1.82) is 0 Å². The highest BCUT2D eigenvalue weighted by molar-refractivity contribution is 6.32. The molecular formula is C25H25ClN4O6. The number of hydrogen-bond donors (Lipinski definition) is 0. The Hall–Kier alpha value is -3.79. The van der Waals surface area contributed by atoms with Gasteiger partial charge in [-0.1, -0.05) is 43.0 Å². The van der Waals surface area contributed by atoms with Crippen molar-refractivity contribution < 1.29 is 19.2 Å². The van der Waals surface area contributed by atoms with Gasteiger partial charge < -0.3 is 9.47 Å². The zero-order chi connectivity index (χ0) is 25.7. The van der Waals surface area contributed by atoms with Gasteiger partial charge in [0.05, 0.1) is 33.7 Å². The SMILES string of the molecule is CCOC(=O)COc1c(Cl)cc(C=Nn2c(C3CCCCC3)nc3ccccc3c2=O)cc1[N+](=O)[O-]. The minimum atomic E-state index is -0.674. The molecule has 11 heteroatoms. The number of benzene rings is 2. The first kappa shape index (κ1) is 25.3. The second kappa shape index (κ2) is 11.3. The maximum atomic E-state index is 13.3. The summed E-state index contributed by atoms with van der Waals surface area (Å²) in [6.07, 6.45) is 6.38. The molecule has 0 N–H and O–H groups in total. The fourth-order valence-electron chi connectivity index (χ4n) is 4.29. The van der Waals surface area contributed by atoms with Crippen LogP contribution in [0.3, 0.4) is 0 Å². The molecule has 0 bridgehead atoms. The van der Waals surface area contributed by atoms with E-state index in [2.05, 4.69) is 5.10 Å². The van der Waals surface area contributed by atoms with Crippen LogP contribution < -0.4 is 10.3 Å². The number of nitro benzene ring substituents is 1. The Morgan fingerprint density at radius 3 is 2.75 bits per heavy atom. The van der Waals surface area contributed by atoms with Crippen LogP contribution >= 0.6 is 11.6 Å². The highest BCUT2D eigenvalue weighted by atomic mass is 35.5. The quantitative estimate of drug-likeness (QED) is 0.183. The van der Waals surface area contributed by atoms with Gasteiger partial charge in [0.1, 0.15) is 5.82 Å². The van der Waals surface area contributed by atoms with E-state index >= 15 is 0 Å². The molecule has 1 heterocycles. The van der Waals surface area contributed by atoms with Gasteiger partial charge in [-0.25, -0.2) is 9.78 Å². The number of carbonyl (C=O) groups is 1. The normalized spacial score (nSPS) is 14.3. The number of nitro groups is 1. The summed E-state index contributed by atoms with van der Waals surface area (Å²) in [7, 11) is 0. The van der Waals surface area contributed by atoms with Crippen LogP contribution in [0.4, 0.5) is 5.69 Å². The summed E-state index contributed by atoms with van der Waals surface area (Å²) in [4.78, 5) is 40.7. The molecular weight excluding hydrogens is 488 g/mol. The first-order chi connectivity index (χ1) is 17.4. The molecule has 0 aliphatic heterocycles. The van der Waals surface area contributed by atoms with Gasteiger partial charge >= 0.3 is 11.7 Å². The molecule has 1 aliphatic rings. The van der Waals surface area contributed by atoms with Crippen LogP contribution in [-0.2, 0) is 9.53 Å². The minimum absolute atomic E-state index is 0.0774. The summed E-state index contributed by atoms with van der Waals surface area (Å²) < 4.78 is 11.3. The molecule has 1 fully saturated rings. The zero-order valence-corrected chi connectivity index (χ0v) is 20.4. The molecule has 0 spiro atoms. The number of aromatic nitrogens is 2. The van der Waals surface area contributed by atoms with E-state index in [1.165, 1.54) is 23.0 Å². The smallest absolute Gasteiger partial charge is 0.344 e. The van der Waals surface area contributed by atoms with Gasteiger partial charge in [0.15, 0.2) is 6.61 Å². The van der Waals surface area contributed by atoms with Crippen LogP contribution in [0.2, 0.25) is 5.02 Å². The lowest BCUT2D eigenvalue weighted by Crippen LogP contribution is -2.25. The van der Waals surface area contributed by atoms with Crippen molar-refractivity contribution in [3.8, 4) is 5.75 Å². The molecule has 0 atom stereocenters. The van der Waals surface area contributed by atoms with Crippen LogP contribution in [-0.4, -0.2) is 40.0 Å². The average Bonchev–Trinajstić information content (AvgIpc) is 2.87. The summed E-state index contributed by atoms with van der Waals surface area (Å²) in [6.45, 7) is 1.27. The fourth-order valence-corrected chi connectivity index (χ4v) is 4.57. The molecule has 1 saturated carbocycles. The van der Waals surface area contributed by atoms with E-state index in [4.69, 9.17) is 26.1 Å². The largest absolute Gasteiger partial charge is 0.474 e. The molecule has 0 saturated heterocycles. The molecule has 1 aliphatic carbocycles. The van der Waals surface area contributed by atoms with Crippen molar-refractivity contribution in [3.63, 3.8) is 0 Å². The lowest BCUT2D eigenvalue weighted by molar-refractivity contribution is -0.385. The number of rotatable bonds is 8. The Labute approximate surface area is 211 Å². The molecule has 0 unspecified atom stereocenters. The van der Waals surface area contributed by atoms with Gasteiger partial charge in [-0.3, -0.25) is 14.9 Å². The summed E-state index contributed by atoms with van der Waals surface area (Å²) in [6, 6.07) is 9.72. The van der Waals surface area contributed by atoms with Crippen LogP contribution in [0.15, 0.2) is 46.3 Å². The van der Waals surface area contributed by atoms with E-state index in [9.17, 15) is 19.7 Å². The number of carbonyl (C=O) groups excluding carboxylic acids is 1. The Balaban J connectivity index is 1.73. The molecule has 188 valence electrons. The second-order valence-electron chi connectivity index (χ2n) is 8.39. The van der Waals surface area contributed by atoms with Crippen molar-refractivity contribution in [1.82, 2.24) is 9.66 Å². The number of halogens is 1. The standard InChI is InChI=1S/C25H25ClN4O6/c1-2-35-22(31)15-36-23-19(26)12-16(13-21(23)30(33)34)14-27-29-24(17-8-4-3-5-9-17)28-20-11-7-6-10-18(20)25(29)32/h6-7,10-14,17H,2-5,8-9,15H2,1H3. The van der Waals surface area contributed by atoms with Crippen molar-refractivity contribution in [3.05, 3.63) is 73.3 Å². The van der Waals surface area contributed by atoms with Gasteiger partial charge in [0.25, 0.3) is 5.56 Å². The Morgan fingerprint density at radius 2 is 2.03 bits per heavy atom. The van der Waals surface area contributed by atoms with E-state index in [1.807, 2.05) is 6.07 Å². The highest BCUT2D eigenvalue weighted by Crippen LogP contribution is 2.36. The molecule has 2 aromatic carbocycles. The van der Waals surface area contributed by atoms with Crippen molar-refractivity contribution in [2.45, 2.75) is 44.9 Å². The third kappa shape index (κ3) is 5.54. The number of ether oxygens (including phenoxy) is 2. The summed E-state index contributed by atoms with van der Waals surface area (Å²) in [5.41, 5.74) is 0.137. The number of nitrogens with zero attached hydrogens (tertiary/aromatic N) is 4. The summed E-state index contributed by atoms with van der Waals surface area (Å²) in [5.74, 6) is -0.263. The number of hydrogen-bond acceptors (Lipinski definition) is 8. The van der Waals surface area contributed by atoms with Crippen molar-refractivity contribution >= 4 is 40.4 Å². The Bertz CT molecular complexity index is 1380. The van der Waals surface area contributed by atoms with Crippen LogP contribution in [0.1, 0.15) is 56.3 Å². The number of para-hydroxylation sites is 1. The summed E-state index contributed by atoms with van der Waals surface area (Å²) >= 11 is 6.26. The van der Waals surface area contributed by atoms with E-state index in [0.29, 0.717) is 16.7 Å². The molecule has 4 rings (SSSR count). The minimum Gasteiger partial charge on any atom is -0.474 e. The number of fused-ring (bicyclic) bond motifs is 1. The van der Waals surface area contributed by atoms with Gasteiger partial charge in [0, 0.05) is 17.5 Å². The maximum Gasteiger partial charge on any atom is 0.344 e. The molecule has 36 heavy (non-hydrogen) atoms. The highest BCUT2D eigenvalue weighted by Gasteiger charge is 2.24. The van der Waals surface area contributed by atoms with Gasteiger partial charge in [-0.2, -0.15) is 9.78 Å². The maximum absolute atomic E-state index is 13.3. The second-order valence-corrected chi connectivity index (χ2v) is 8.79. The molecule has 0 radical (unpaired) electrons. The van der Waals surface area contributed by atoms with Gasteiger partial charge in [-0.05, 0) is 38.0 Å². The summed E-state index contributed by atoms with van der Waals surface area (Å²) in [5, 5.41) is 16.4. The third-order valence-corrected chi connectivity index (χ3v) is 6.23. The van der Waals surface area contributed by atoms with Crippen molar-refractivity contribution in [2.24, 2.45) is 5.10 Å². The van der Waals surface area contributed by atoms with Crippen LogP contribution in [0.25, 0.3) is 10.9 Å². The Morgan fingerprint density at radius 1 is 1.28 bits per heavy atom. The topological polar surface area (TPSA) is 126 Å². The zero-order valence-electron chi connectivity index (χ0n) is 19.7. The predicted molar refractivity (Wildman–Crippen MR) is 135 cm³/mol. The lowest BCUT2D eigenvalue weighted by atomic mass is 9.88. The first-order valence-corrected chi connectivity index (χ1v) is 12.1. The molecule has 10 nitrogen and oxygen atoms in total. The first-order valence-electron chi connectivity index (χ1n) is 11.7. The number of esters is 1. The Kier molecular flexibility index (Phi) is 7.94. The predicted octanol–water partition coefficient (Wildman–Crippen LogP) is 4.83. The molecule has 1 aromatic heterocycles. The van der Waals surface area contributed by atoms with Crippen LogP contribution in [0, 0.1) is 10.1 Å². The molecule has 0 amide bonds. The third-order valence-electron chi connectivity index (χ3n) is 5.95. The van der Waals surface area contributed by atoms with E-state index in [0.717, 1.165) is 32.1 Å². The van der Waals surface area contributed by atoms with E-state index in [1.54, 1.807) is 25.1 Å². The van der Waals surface area contributed by atoms with Gasteiger partial charge in [-0.15, -0.1) is 0 Å². The molecule has 3 aromatic rings. The lowest BCUT2D eigenvalue weighted by Gasteiger charge is -2.22. The monoisotopic (exact) mass is 512 g/mol. The van der Waals surface area contributed by atoms with Crippen molar-refractivity contribution in [2.75, 3.05) is 13.2 Å².